The SMILES string of the molecule is COC(C(=O)C(C)C)C(C)C(C)=O.COC(C(C)C)C(C)C(C)=O.COC(C(C)C)C(C)C(C)C(C)C.COCC(=O)C(O)C(C)C(C)=O. The second kappa shape index (κ2) is 28.8. The summed E-state index contributed by atoms with van der Waals surface area (Å²) in [5, 5.41) is 9.24. The lowest BCUT2D eigenvalue weighted by atomic mass is 9.79. The number of methoxy groups -OCH3 is 4. The average molecular weight is 705 g/mol. The van der Waals surface area contributed by atoms with Crippen molar-refractivity contribution in [1.82, 2.24) is 0 Å². The zero-order valence-corrected chi connectivity index (χ0v) is 34.8. The van der Waals surface area contributed by atoms with Crippen molar-refractivity contribution in [3.05, 3.63) is 0 Å². The van der Waals surface area contributed by atoms with Crippen LogP contribution in [0.25, 0.3) is 0 Å². The summed E-state index contributed by atoms with van der Waals surface area (Å²) < 4.78 is 20.3. The zero-order chi connectivity index (χ0) is 39.9. The summed E-state index contributed by atoms with van der Waals surface area (Å²) in [5.41, 5.74) is 0. The van der Waals surface area contributed by atoms with Crippen LogP contribution < -0.4 is 0 Å². The largest absolute Gasteiger partial charge is 0.384 e. The van der Waals surface area contributed by atoms with Crippen LogP contribution in [0.1, 0.15) is 111 Å². The molecule has 0 aromatic carbocycles. The van der Waals surface area contributed by atoms with Gasteiger partial charge in [-0.05, 0) is 50.4 Å². The summed E-state index contributed by atoms with van der Waals surface area (Å²) >= 11 is 0. The van der Waals surface area contributed by atoms with E-state index in [9.17, 15) is 29.1 Å². The normalized spacial score (nSPS) is 16.7. The molecule has 0 aliphatic heterocycles. The third kappa shape index (κ3) is 22.6. The second-order valence-electron chi connectivity index (χ2n) is 14.6. The van der Waals surface area contributed by atoms with Gasteiger partial charge in [0.2, 0.25) is 0 Å². The van der Waals surface area contributed by atoms with Gasteiger partial charge in [0.1, 0.15) is 36.2 Å². The number of hydrogen-bond donors (Lipinski definition) is 1. The number of aliphatic hydroxyl groups excluding tert-OH is 1. The first-order chi connectivity index (χ1) is 22.3. The van der Waals surface area contributed by atoms with Crippen LogP contribution in [0.2, 0.25) is 0 Å². The second-order valence-corrected chi connectivity index (χ2v) is 14.6. The Morgan fingerprint density at radius 3 is 1.12 bits per heavy atom. The number of rotatable bonds is 19. The first-order valence-electron chi connectivity index (χ1n) is 17.7. The van der Waals surface area contributed by atoms with Crippen molar-refractivity contribution < 1.29 is 48.0 Å². The number of hydrogen-bond acceptors (Lipinski definition) is 10. The van der Waals surface area contributed by atoms with Gasteiger partial charge in [-0.1, -0.05) is 90.0 Å². The standard InChI is InChI=1S/C12H26O.C10H18O3.C9H18O2.C8H14O4/c1-8(2)10(5)11(6)12(13-7)9(3)4;1-6(2)9(12)10(13-5)7(3)8(4)11;1-6(2)9(11-5)7(3)8(4)10;1-5(6(2)9)8(11)7(10)4-12-3/h8-12H,1-7H3;6-7,10H,1-5H3;6-7,9H,1-5H3;5,8,11H,4H2,1-3H3. The van der Waals surface area contributed by atoms with Crippen LogP contribution in [0.15, 0.2) is 0 Å². The molecule has 0 bridgehead atoms. The van der Waals surface area contributed by atoms with Crippen molar-refractivity contribution in [3.63, 3.8) is 0 Å². The minimum atomic E-state index is -1.23. The van der Waals surface area contributed by atoms with E-state index in [1.165, 1.54) is 35.0 Å². The molecule has 0 spiro atoms. The van der Waals surface area contributed by atoms with E-state index in [1.54, 1.807) is 34.8 Å². The van der Waals surface area contributed by atoms with Crippen molar-refractivity contribution in [2.24, 2.45) is 53.3 Å². The van der Waals surface area contributed by atoms with Gasteiger partial charge in [-0.2, -0.15) is 0 Å². The molecule has 10 nitrogen and oxygen atoms in total. The van der Waals surface area contributed by atoms with Crippen LogP contribution in [0, 0.1) is 53.3 Å². The topological polar surface area (TPSA) is 143 Å². The Bertz CT molecular complexity index is 927. The lowest BCUT2D eigenvalue weighted by molar-refractivity contribution is -0.140. The highest BCUT2D eigenvalue weighted by Gasteiger charge is 2.30. The van der Waals surface area contributed by atoms with Crippen LogP contribution >= 0.6 is 0 Å². The maximum atomic E-state index is 11.5. The molecule has 0 amide bonds. The Labute approximate surface area is 300 Å². The summed E-state index contributed by atoms with van der Waals surface area (Å²) in [7, 11) is 6.31. The van der Waals surface area contributed by atoms with Gasteiger partial charge in [-0.15, -0.1) is 0 Å². The van der Waals surface area contributed by atoms with E-state index < -0.39 is 23.9 Å². The molecular formula is C39H76O10. The Hall–Kier alpha value is -1.85. The van der Waals surface area contributed by atoms with Gasteiger partial charge in [0.05, 0.1) is 12.2 Å². The molecule has 0 aliphatic carbocycles. The van der Waals surface area contributed by atoms with Crippen LogP contribution in [0.3, 0.4) is 0 Å². The predicted molar refractivity (Wildman–Crippen MR) is 198 cm³/mol. The van der Waals surface area contributed by atoms with E-state index in [2.05, 4.69) is 60.1 Å². The van der Waals surface area contributed by atoms with Gasteiger partial charge in [-0.25, -0.2) is 0 Å². The first kappa shape index (κ1) is 53.9. The predicted octanol–water partition coefficient (Wildman–Crippen LogP) is 6.71. The summed E-state index contributed by atoms with van der Waals surface area (Å²) in [6.07, 6.45) is -1.36. The van der Waals surface area contributed by atoms with Gasteiger partial charge in [-0.3, -0.25) is 24.0 Å². The lowest BCUT2D eigenvalue weighted by Gasteiger charge is -2.32. The van der Waals surface area contributed by atoms with Crippen molar-refractivity contribution in [2.45, 2.75) is 135 Å². The molecular weight excluding hydrogens is 628 g/mol. The number of ether oxygens (including phenoxy) is 4. The summed E-state index contributed by atoms with van der Waals surface area (Å²) in [5.74, 6) is 1.58. The fraction of sp³-hybridized carbons (Fsp3) is 0.872. The monoisotopic (exact) mass is 705 g/mol. The minimum absolute atomic E-state index is 0.00907. The molecule has 0 aromatic rings. The average Bonchev–Trinajstić information content (AvgIpc) is 3.00. The van der Waals surface area contributed by atoms with E-state index in [0.717, 1.165) is 11.8 Å². The fourth-order valence-electron chi connectivity index (χ4n) is 5.12. The quantitative estimate of drug-likeness (QED) is 0.154. The highest BCUT2D eigenvalue weighted by molar-refractivity contribution is 5.91. The molecule has 0 aliphatic rings. The highest BCUT2D eigenvalue weighted by atomic mass is 16.5. The minimum Gasteiger partial charge on any atom is -0.384 e. The number of Topliss-reactive ketones (excluding diaryl/α,β-unsaturated/α-hetero) is 5. The molecule has 0 saturated heterocycles. The van der Waals surface area contributed by atoms with Crippen LogP contribution in [0.5, 0.6) is 0 Å². The molecule has 0 heterocycles. The Morgan fingerprint density at radius 1 is 0.510 bits per heavy atom. The Balaban J connectivity index is -0.000000276. The molecule has 9 unspecified atom stereocenters. The van der Waals surface area contributed by atoms with Gasteiger partial charge >= 0.3 is 0 Å². The van der Waals surface area contributed by atoms with Crippen LogP contribution in [-0.4, -0.2) is 93.5 Å². The molecule has 0 fully saturated rings. The van der Waals surface area contributed by atoms with Crippen molar-refractivity contribution >= 4 is 28.9 Å². The van der Waals surface area contributed by atoms with Gasteiger partial charge < -0.3 is 24.1 Å². The van der Waals surface area contributed by atoms with E-state index in [-0.39, 0.29) is 53.6 Å². The van der Waals surface area contributed by atoms with Gasteiger partial charge in [0.15, 0.2) is 11.6 Å². The van der Waals surface area contributed by atoms with Gasteiger partial charge in [0, 0.05) is 52.1 Å². The Kier molecular flexibility index (Phi) is 31.7. The number of aliphatic hydroxyl groups is 1. The molecule has 10 heteroatoms. The third-order valence-electron chi connectivity index (χ3n) is 9.32. The highest BCUT2D eigenvalue weighted by Crippen LogP contribution is 2.28. The zero-order valence-electron chi connectivity index (χ0n) is 34.8. The molecule has 0 aromatic heterocycles. The number of carbonyl (C=O) groups excluding carboxylic acids is 5. The fourth-order valence-corrected chi connectivity index (χ4v) is 5.12. The molecule has 0 saturated carbocycles. The number of carbonyl (C=O) groups is 5. The summed E-state index contributed by atoms with van der Waals surface area (Å²) in [6.45, 7) is 30.8. The van der Waals surface area contributed by atoms with E-state index in [4.69, 9.17) is 14.2 Å². The molecule has 9 atom stereocenters. The van der Waals surface area contributed by atoms with Crippen LogP contribution in [0.4, 0.5) is 0 Å². The van der Waals surface area contributed by atoms with E-state index >= 15 is 0 Å². The molecule has 1 N–H and O–H groups in total. The molecule has 292 valence electrons. The maximum absolute atomic E-state index is 11.5. The smallest absolute Gasteiger partial charge is 0.187 e. The van der Waals surface area contributed by atoms with E-state index in [0.29, 0.717) is 23.9 Å². The van der Waals surface area contributed by atoms with Crippen molar-refractivity contribution in [1.29, 1.82) is 0 Å². The van der Waals surface area contributed by atoms with Crippen LogP contribution in [-0.2, 0) is 42.9 Å². The Morgan fingerprint density at radius 2 is 0.898 bits per heavy atom. The molecule has 49 heavy (non-hydrogen) atoms. The summed E-state index contributed by atoms with van der Waals surface area (Å²) in [6, 6.07) is 0. The first-order valence-corrected chi connectivity index (χ1v) is 17.7. The molecule has 0 rings (SSSR count). The van der Waals surface area contributed by atoms with Crippen molar-refractivity contribution in [2.75, 3.05) is 35.0 Å². The van der Waals surface area contributed by atoms with Gasteiger partial charge in [0.25, 0.3) is 0 Å². The lowest BCUT2D eigenvalue weighted by Crippen LogP contribution is -2.36. The van der Waals surface area contributed by atoms with Crippen molar-refractivity contribution in [3.8, 4) is 0 Å². The van der Waals surface area contributed by atoms with E-state index in [1.807, 2.05) is 14.0 Å². The third-order valence-corrected chi connectivity index (χ3v) is 9.32. The molecule has 0 radical (unpaired) electrons. The number of ketones is 5. The summed E-state index contributed by atoms with van der Waals surface area (Å²) in [4.78, 5) is 55.3. The maximum Gasteiger partial charge on any atom is 0.187 e.